The molecule has 0 bridgehead atoms. The van der Waals surface area contributed by atoms with E-state index in [0.29, 0.717) is 12.8 Å². The molecule has 6 nitrogen and oxygen atoms in total. The number of carbonyl (C=O) groups is 1. The first kappa shape index (κ1) is 31.6. The SMILES string of the molecule is CC/C=C\C/C=C\C/C=C\CCCCCC(=O)NC(CS(=O)(=O)O)C(O)CCCCCCC. The molecular weight excluding hydrogens is 438 g/mol. The molecule has 33 heavy (non-hydrogen) atoms. The van der Waals surface area contributed by atoms with Crippen molar-refractivity contribution in [3.63, 3.8) is 0 Å². The summed E-state index contributed by atoms with van der Waals surface area (Å²) in [5.41, 5.74) is 0. The van der Waals surface area contributed by atoms with E-state index in [2.05, 4.69) is 55.6 Å². The summed E-state index contributed by atoms with van der Waals surface area (Å²) < 4.78 is 31.8. The van der Waals surface area contributed by atoms with Crippen molar-refractivity contribution in [3.8, 4) is 0 Å². The molecule has 0 rings (SSSR count). The van der Waals surface area contributed by atoms with Crippen LogP contribution in [0.25, 0.3) is 0 Å². The van der Waals surface area contributed by atoms with Crippen molar-refractivity contribution >= 4 is 16.0 Å². The van der Waals surface area contributed by atoms with Crippen LogP contribution < -0.4 is 5.32 Å². The zero-order valence-electron chi connectivity index (χ0n) is 20.8. The highest BCUT2D eigenvalue weighted by Crippen LogP contribution is 2.12. The molecule has 0 aliphatic rings. The average Bonchev–Trinajstić information content (AvgIpc) is 2.75. The molecular formula is C26H47NO5S. The fourth-order valence-electron chi connectivity index (χ4n) is 3.46. The molecule has 0 radical (unpaired) electrons. The van der Waals surface area contributed by atoms with E-state index in [4.69, 9.17) is 0 Å². The Kier molecular flexibility index (Phi) is 20.2. The molecule has 0 aromatic rings. The number of rotatable bonds is 21. The first-order valence-electron chi connectivity index (χ1n) is 12.7. The third-order valence-corrected chi connectivity index (χ3v) is 6.14. The first-order valence-corrected chi connectivity index (χ1v) is 14.3. The van der Waals surface area contributed by atoms with Crippen LogP contribution in [-0.4, -0.2) is 41.9 Å². The van der Waals surface area contributed by atoms with Crippen LogP contribution in [0, 0.1) is 0 Å². The van der Waals surface area contributed by atoms with Crippen LogP contribution in [0.4, 0.5) is 0 Å². The predicted octanol–water partition coefficient (Wildman–Crippen LogP) is 5.89. The number of unbranched alkanes of at least 4 members (excludes halogenated alkanes) is 7. The maximum atomic E-state index is 12.2. The van der Waals surface area contributed by atoms with Crippen LogP contribution in [0.2, 0.25) is 0 Å². The van der Waals surface area contributed by atoms with Crippen molar-refractivity contribution in [2.75, 3.05) is 5.75 Å². The quantitative estimate of drug-likeness (QED) is 0.107. The first-order chi connectivity index (χ1) is 15.8. The third-order valence-electron chi connectivity index (χ3n) is 5.36. The molecule has 0 saturated carbocycles. The summed E-state index contributed by atoms with van der Waals surface area (Å²) in [6.07, 6.45) is 24.2. The number of allylic oxidation sites excluding steroid dienone is 6. The lowest BCUT2D eigenvalue weighted by Crippen LogP contribution is -2.47. The lowest BCUT2D eigenvalue weighted by molar-refractivity contribution is -0.122. The zero-order valence-corrected chi connectivity index (χ0v) is 21.6. The number of aliphatic hydroxyl groups excluding tert-OH is 1. The third kappa shape index (κ3) is 22.1. The van der Waals surface area contributed by atoms with E-state index in [9.17, 15) is 22.9 Å². The van der Waals surface area contributed by atoms with E-state index in [1.807, 2.05) is 0 Å². The number of amides is 1. The van der Waals surface area contributed by atoms with E-state index in [1.165, 1.54) is 0 Å². The van der Waals surface area contributed by atoms with Gasteiger partial charge in [0.05, 0.1) is 17.9 Å². The van der Waals surface area contributed by atoms with Gasteiger partial charge in [-0.2, -0.15) is 8.42 Å². The summed E-state index contributed by atoms with van der Waals surface area (Å²) in [5, 5.41) is 13.0. The molecule has 0 fully saturated rings. The Bertz CT molecular complexity index is 670. The number of aliphatic hydroxyl groups is 1. The normalized spacial score (nSPS) is 14.4. The maximum absolute atomic E-state index is 12.2. The lowest BCUT2D eigenvalue weighted by atomic mass is 10.0. The van der Waals surface area contributed by atoms with Gasteiger partial charge in [0.15, 0.2) is 0 Å². The fourth-order valence-corrected chi connectivity index (χ4v) is 4.22. The highest BCUT2D eigenvalue weighted by Gasteiger charge is 2.25. The van der Waals surface area contributed by atoms with Crippen molar-refractivity contribution < 1.29 is 22.9 Å². The fraction of sp³-hybridized carbons (Fsp3) is 0.731. The molecule has 0 aliphatic carbocycles. The predicted molar refractivity (Wildman–Crippen MR) is 138 cm³/mol. The standard InChI is InChI=1S/C26H47NO5S/c1-3-5-7-9-10-11-12-13-14-15-16-18-20-22-26(29)27-24(23-33(30,31)32)25(28)21-19-17-8-6-4-2/h5,7,10-11,13-14,24-25,28H,3-4,6,8-9,12,15-23H2,1-2H3,(H,27,29)(H,30,31,32)/b7-5-,11-10-,14-13-. The summed E-state index contributed by atoms with van der Waals surface area (Å²) in [4.78, 5) is 12.2. The Labute approximate surface area is 202 Å². The molecule has 0 spiro atoms. The van der Waals surface area contributed by atoms with Gasteiger partial charge in [-0.15, -0.1) is 0 Å². The second kappa shape index (κ2) is 21.1. The molecule has 3 N–H and O–H groups in total. The number of carbonyl (C=O) groups excluding carboxylic acids is 1. The smallest absolute Gasteiger partial charge is 0.266 e. The molecule has 0 aromatic heterocycles. The minimum atomic E-state index is -4.29. The number of nitrogens with one attached hydrogen (secondary N) is 1. The van der Waals surface area contributed by atoms with Gasteiger partial charge in [0.1, 0.15) is 0 Å². The molecule has 2 unspecified atom stereocenters. The van der Waals surface area contributed by atoms with Crippen LogP contribution in [-0.2, 0) is 14.9 Å². The van der Waals surface area contributed by atoms with Crippen LogP contribution >= 0.6 is 0 Å². The van der Waals surface area contributed by atoms with E-state index in [-0.39, 0.29) is 12.3 Å². The monoisotopic (exact) mass is 485 g/mol. The van der Waals surface area contributed by atoms with Crippen LogP contribution in [0.5, 0.6) is 0 Å². The molecule has 2 atom stereocenters. The number of hydrogen-bond acceptors (Lipinski definition) is 4. The molecule has 1 amide bonds. The highest BCUT2D eigenvalue weighted by atomic mass is 32.2. The van der Waals surface area contributed by atoms with Gasteiger partial charge in [0, 0.05) is 6.42 Å². The Hall–Kier alpha value is -1.44. The Morgan fingerprint density at radius 2 is 1.45 bits per heavy atom. The van der Waals surface area contributed by atoms with Crippen LogP contribution in [0.1, 0.15) is 104 Å². The summed E-state index contributed by atoms with van der Waals surface area (Å²) in [5.74, 6) is -0.949. The average molecular weight is 486 g/mol. The minimum absolute atomic E-state index is 0.281. The maximum Gasteiger partial charge on any atom is 0.266 e. The largest absolute Gasteiger partial charge is 0.391 e. The summed E-state index contributed by atoms with van der Waals surface area (Å²) >= 11 is 0. The van der Waals surface area contributed by atoms with Gasteiger partial charge in [-0.05, 0) is 44.9 Å². The Morgan fingerprint density at radius 3 is 2.09 bits per heavy atom. The van der Waals surface area contributed by atoms with Gasteiger partial charge < -0.3 is 10.4 Å². The lowest BCUT2D eigenvalue weighted by Gasteiger charge is -2.23. The second-order valence-corrected chi connectivity index (χ2v) is 10.1. The molecule has 0 heterocycles. The molecule has 192 valence electrons. The zero-order chi connectivity index (χ0) is 24.8. The van der Waals surface area contributed by atoms with E-state index in [0.717, 1.165) is 70.6 Å². The number of hydrogen-bond donors (Lipinski definition) is 3. The molecule has 0 aromatic carbocycles. The van der Waals surface area contributed by atoms with Gasteiger partial charge >= 0.3 is 0 Å². The van der Waals surface area contributed by atoms with E-state index in [1.54, 1.807) is 0 Å². The summed E-state index contributed by atoms with van der Waals surface area (Å²) in [7, 11) is -4.29. The van der Waals surface area contributed by atoms with Gasteiger partial charge in [0.25, 0.3) is 10.1 Å². The minimum Gasteiger partial charge on any atom is -0.391 e. The van der Waals surface area contributed by atoms with Crippen molar-refractivity contribution in [1.29, 1.82) is 0 Å². The summed E-state index contributed by atoms with van der Waals surface area (Å²) in [6, 6.07) is -0.980. The Morgan fingerprint density at radius 1 is 0.848 bits per heavy atom. The van der Waals surface area contributed by atoms with Gasteiger partial charge in [-0.3, -0.25) is 9.35 Å². The summed E-state index contributed by atoms with van der Waals surface area (Å²) in [6.45, 7) is 4.24. The van der Waals surface area contributed by atoms with Crippen molar-refractivity contribution in [1.82, 2.24) is 5.32 Å². The Balaban J connectivity index is 4.13. The van der Waals surface area contributed by atoms with Crippen LogP contribution in [0.15, 0.2) is 36.5 Å². The molecule has 7 heteroatoms. The van der Waals surface area contributed by atoms with Crippen LogP contribution in [0.3, 0.4) is 0 Å². The topological polar surface area (TPSA) is 104 Å². The molecule has 0 saturated heterocycles. The molecule has 0 aliphatic heterocycles. The second-order valence-electron chi connectivity index (χ2n) is 8.59. The van der Waals surface area contributed by atoms with Gasteiger partial charge in [0.2, 0.25) is 5.91 Å². The van der Waals surface area contributed by atoms with Gasteiger partial charge in [-0.1, -0.05) is 88.8 Å². The van der Waals surface area contributed by atoms with Crippen molar-refractivity contribution in [3.05, 3.63) is 36.5 Å². The van der Waals surface area contributed by atoms with Crippen molar-refractivity contribution in [2.24, 2.45) is 0 Å². The van der Waals surface area contributed by atoms with Gasteiger partial charge in [-0.25, -0.2) is 0 Å². The van der Waals surface area contributed by atoms with Crippen molar-refractivity contribution in [2.45, 2.75) is 116 Å². The van der Waals surface area contributed by atoms with E-state index < -0.39 is 28.0 Å². The highest BCUT2D eigenvalue weighted by molar-refractivity contribution is 7.85. The van der Waals surface area contributed by atoms with E-state index >= 15 is 0 Å².